The molecule has 120 valence electrons. The molecule has 0 saturated heterocycles. The maximum atomic E-state index is 12.7. The fourth-order valence-corrected chi connectivity index (χ4v) is 2.49. The van der Waals surface area contributed by atoms with E-state index < -0.39 is 18.1 Å². The molecule has 0 spiro atoms. The monoisotopic (exact) mass is 305 g/mol. The highest BCUT2D eigenvalue weighted by Crippen LogP contribution is 2.30. The Kier molecular flexibility index (Phi) is 5.06. The molecule has 1 aromatic rings. The topological polar surface area (TPSA) is 66.8 Å². The molecule has 1 aliphatic rings. The van der Waals surface area contributed by atoms with Crippen molar-refractivity contribution in [1.82, 2.24) is 4.90 Å². The van der Waals surface area contributed by atoms with E-state index >= 15 is 0 Å². The Morgan fingerprint density at radius 1 is 1.41 bits per heavy atom. The Hall–Kier alpha value is -2.04. The number of aryl methyl sites for hydroxylation is 1. The molecule has 0 bridgehead atoms. The van der Waals surface area contributed by atoms with Crippen LogP contribution in [0.1, 0.15) is 38.7 Å². The third kappa shape index (κ3) is 3.78. The molecule has 2 unspecified atom stereocenters. The zero-order chi connectivity index (χ0) is 16.3. The van der Waals surface area contributed by atoms with Crippen LogP contribution in [0.25, 0.3) is 0 Å². The average Bonchev–Trinajstić information content (AvgIpc) is 3.29. The molecule has 22 heavy (non-hydrogen) atoms. The first-order valence-electron chi connectivity index (χ1n) is 7.72. The number of hydrogen-bond donors (Lipinski definition) is 1. The number of carbonyl (C=O) groups excluding carboxylic acids is 1. The minimum atomic E-state index is -0.981. The summed E-state index contributed by atoms with van der Waals surface area (Å²) >= 11 is 0. The molecule has 1 fully saturated rings. The highest BCUT2D eigenvalue weighted by Gasteiger charge is 2.41. The first-order valence-corrected chi connectivity index (χ1v) is 7.72. The van der Waals surface area contributed by atoms with Gasteiger partial charge in [0, 0.05) is 6.04 Å². The number of hydrogen-bond acceptors (Lipinski definition) is 3. The molecule has 5 nitrogen and oxygen atoms in total. The molecule has 1 aliphatic carbocycles. The van der Waals surface area contributed by atoms with Crippen LogP contribution < -0.4 is 4.74 Å². The van der Waals surface area contributed by atoms with Gasteiger partial charge < -0.3 is 14.7 Å². The van der Waals surface area contributed by atoms with Crippen molar-refractivity contribution >= 4 is 11.9 Å². The van der Waals surface area contributed by atoms with Crippen molar-refractivity contribution in [2.24, 2.45) is 0 Å². The maximum Gasteiger partial charge on any atom is 0.326 e. The number of carboxylic acids is 1. The molecule has 5 heteroatoms. The first kappa shape index (κ1) is 16.3. The van der Waals surface area contributed by atoms with E-state index in [2.05, 4.69) is 0 Å². The minimum absolute atomic E-state index is 0.0359. The molecular formula is C17H23NO4. The Morgan fingerprint density at radius 2 is 2.09 bits per heavy atom. The van der Waals surface area contributed by atoms with Crippen LogP contribution in [0.15, 0.2) is 24.3 Å². The van der Waals surface area contributed by atoms with Crippen molar-refractivity contribution in [2.75, 3.05) is 0 Å². The molecule has 2 atom stereocenters. The summed E-state index contributed by atoms with van der Waals surface area (Å²) in [7, 11) is 0. The highest BCUT2D eigenvalue weighted by atomic mass is 16.5. The van der Waals surface area contributed by atoms with E-state index in [1.807, 2.05) is 38.1 Å². The van der Waals surface area contributed by atoms with Crippen molar-refractivity contribution in [3.05, 3.63) is 29.8 Å². The Labute approximate surface area is 130 Å². The van der Waals surface area contributed by atoms with Gasteiger partial charge in [0.2, 0.25) is 0 Å². The maximum absolute atomic E-state index is 12.7. The van der Waals surface area contributed by atoms with Crippen LogP contribution in [0.2, 0.25) is 0 Å². The van der Waals surface area contributed by atoms with Gasteiger partial charge in [-0.3, -0.25) is 4.79 Å². The number of benzene rings is 1. The fourth-order valence-electron chi connectivity index (χ4n) is 2.49. The van der Waals surface area contributed by atoms with Crippen molar-refractivity contribution in [3.63, 3.8) is 0 Å². The normalized spacial score (nSPS) is 16.7. The van der Waals surface area contributed by atoms with Crippen molar-refractivity contribution in [1.29, 1.82) is 0 Å². The van der Waals surface area contributed by atoms with Crippen LogP contribution >= 0.6 is 0 Å². The smallest absolute Gasteiger partial charge is 0.326 e. The van der Waals surface area contributed by atoms with Crippen LogP contribution in [-0.2, 0) is 9.59 Å². The second-order valence-corrected chi connectivity index (χ2v) is 5.82. The Balaban J connectivity index is 2.14. The van der Waals surface area contributed by atoms with Crippen LogP contribution in [0.3, 0.4) is 0 Å². The van der Waals surface area contributed by atoms with Gasteiger partial charge in [-0.1, -0.05) is 19.1 Å². The van der Waals surface area contributed by atoms with Gasteiger partial charge in [0.15, 0.2) is 6.10 Å². The number of amides is 1. The predicted octanol–water partition coefficient (Wildman–Crippen LogP) is 2.62. The van der Waals surface area contributed by atoms with Gasteiger partial charge in [0.05, 0.1) is 0 Å². The zero-order valence-corrected chi connectivity index (χ0v) is 13.3. The number of rotatable bonds is 7. The first-order chi connectivity index (χ1) is 10.4. The van der Waals surface area contributed by atoms with Gasteiger partial charge in [-0.25, -0.2) is 4.79 Å². The molecule has 2 rings (SSSR count). The second-order valence-electron chi connectivity index (χ2n) is 5.82. The lowest BCUT2D eigenvalue weighted by Crippen LogP contribution is -2.50. The van der Waals surface area contributed by atoms with E-state index in [1.54, 1.807) is 6.92 Å². The van der Waals surface area contributed by atoms with Gasteiger partial charge in [0.25, 0.3) is 5.91 Å². The lowest BCUT2D eigenvalue weighted by atomic mass is 10.1. The van der Waals surface area contributed by atoms with Crippen molar-refractivity contribution in [3.8, 4) is 5.75 Å². The fraction of sp³-hybridized carbons (Fsp3) is 0.529. The summed E-state index contributed by atoms with van der Waals surface area (Å²) in [5, 5.41) is 9.22. The number of carbonyl (C=O) groups is 2. The Morgan fingerprint density at radius 3 is 2.59 bits per heavy atom. The van der Waals surface area contributed by atoms with E-state index in [-0.39, 0.29) is 11.9 Å². The summed E-state index contributed by atoms with van der Waals surface area (Å²) in [6, 6.07) is 6.73. The number of nitrogens with zero attached hydrogens (tertiary/aromatic N) is 1. The molecule has 0 aromatic heterocycles. The highest BCUT2D eigenvalue weighted by molar-refractivity contribution is 5.87. The van der Waals surface area contributed by atoms with Crippen LogP contribution in [0, 0.1) is 6.92 Å². The minimum Gasteiger partial charge on any atom is -0.481 e. The van der Waals surface area contributed by atoms with E-state index in [9.17, 15) is 14.7 Å². The molecule has 1 aromatic carbocycles. The lowest BCUT2D eigenvalue weighted by molar-refractivity contribution is -0.153. The molecule has 0 heterocycles. The van der Waals surface area contributed by atoms with E-state index in [0.29, 0.717) is 12.2 Å². The predicted molar refractivity (Wildman–Crippen MR) is 82.9 cm³/mol. The zero-order valence-electron chi connectivity index (χ0n) is 13.3. The van der Waals surface area contributed by atoms with Crippen LogP contribution in [-0.4, -0.2) is 40.1 Å². The van der Waals surface area contributed by atoms with Gasteiger partial charge >= 0.3 is 5.97 Å². The SMILES string of the molecule is CCC(Oc1cccc(C)c1)C(=O)N(C1CC1)C(C)C(=O)O. The van der Waals surface area contributed by atoms with Gasteiger partial charge in [-0.15, -0.1) is 0 Å². The third-order valence-corrected chi connectivity index (χ3v) is 3.88. The molecular weight excluding hydrogens is 282 g/mol. The largest absolute Gasteiger partial charge is 0.481 e. The van der Waals surface area contributed by atoms with E-state index in [0.717, 1.165) is 18.4 Å². The Bertz CT molecular complexity index is 553. The number of aliphatic carboxylic acids is 1. The van der Waals surface area contributed by atoms with Crippen molar-refractivity contribution in [2.45, 2.75) is 58.2 Å². The van der Waals surface area contributed by atoms with E-state index in [4.69, 9.17) is 4.74 Å². The second kappa shape index (κ2) is 6.81. The standard InChI is InChI=1S/C17H23NO4/c1-4-15(22-14-7-5-6-11(2)10-14)16(19)18(13-8-9-13)12(3)17(20)21/h5-7,10,12-13,15H,4,8-9H2,1-3H3,(H,20,21). The van der Waals surface area contributed by atoms with Gasteiger partial charge in [-0.2, -0.15) is 0 Å². The summed E-state index contributed by atoms with van der Waals surface area (Å²) in [6.07, 6.45) is 1.58. The third-order valence-electron chi connectivity index (χ3n) is 3.88. The molecule has 0 aliphatic heterocycles. The summed E-state index contributed by atoms with van der Waals surface area (Å²) in [5.74, 6) is -0.578. The number of carboxylic acid groups (broad SMARTS) is 1. The average molecular weight is 305 g/mol. The molecule has 1 N–H and O–H groups in total. The van der Waals surface area contributed by atoms with Gasteiger partial charge in [-0.05, 0) is 50.8 Å². The summed E-state index contributed by atoms with van der Waals surface area (Å²) in [5.41, 5.74) is 1.05. The van der Waals surface area contributed by atoms with Crippen LogP contribution in [0.5, 0.6) is 5.75 Å². The van der Waals surface area contributed by atoms with Gasteiger partial charge in [0.1, 0.15) is 11.8 Å². The van der Waals surface area contributed by atoms with Crippen LogP contribution in [0.4, 0.5) is 0 Å². The molecule has 1 amide bonds. The molecule has 1 saturated carbocycles. The summed E-state index contributed by atoms with van der Waals surface area (Å²) in [4.78, 5) is 25.5. The summed E-state index contributed by atoms with van der Waals surface area (Å²) in [6.45, 7) is 5.38. The van der Waals surface area contributed by atoms with E-state index in [1.165, 1.54) is 4.90 Å². The molecule has 0 radical (unpaired) electrons. The number of ether oxygens (including phenoxy) is 1. The quantitative estimate of drug-likeness (QED) is 0.841. The van der Waals surface area contributed by atoms with Crippen molar-refractivity contribution < 1.29 is 19.4 Å². The lowest BCUT2D eigenvalue weighted by Gasteiger charge is -2.30. The summed E-state index contributed by atoms with van der Waals surface area (Å²) < 4.78 is 5.81.